The number of benzene rings is 1. The Bertz CT molecular complexity index is 672. The van der Waals surface area contributed by atoms with E-state index in [0.29, 0.717) is 17.3 Å². The average molecular weight is 340 g/mol. The molecule has 0 bridgehead atoms. The third-order valence-corrected chi connectivity index (χ3v) is 4.65. The normalized spacial score (nSPS) is 10.5. The number of carbonyl (C=O) groups is 2. The van der Waals surface area contributed by atoms with Gasteiger partial charge in [0.25, 0.3) is 0 Å². The molecule has 0 aliphatic carbocycles. The van der Waals surface area contributed by atoms with E-state index in [-0.39, 0.29) is 17.6 Å². The molecule has 8 heteroatoms. The topological polar surface area (TPSA) is 77.5 Å². The maximum absolute atomic E-state index is 11.8. The number of hydrogen-bond acceptors (Lipinski definition) is 7. The Hall–Kier alpha value is -1.80. The fraction of sp³-hybridized carbons (Fsp3) is 0.357. The highest BCUT2D eigenvalue weighted by atomic mass is 32.2. The van der Waals surface area contributed by atoms with Crippen molar-refractivity contribution in [2.24, 2.45) is 0 Å². The van der Waals surface area contributed by atoms with Crippen molar-refractivity contribution in [3.05, 3.63) is 18.2 Å². The van der Waals surface area contributed by atoms with Gasteiger partial charge in [0.05, 0.1) is 36.6 Å². The van der Waals surface area contributed by atoms with Crippen LogP contribution in [0.5, 0.6) is 5.75 Å². The number of hydrogen-bond donors (Lipinski definition) is 1. The molecule has 0 saturated heterocycles. The number of carbonyl (C=O) groups excluding carboxylic acids is 2. The molecule has 0 spiro atoms. The molecular weight excluding hydrogens is 324 g/mol. The zero-order valence-electron chi connectivity index (χ0n) is 12.3. The second-order valence-corrected chi connectivity index (χ2v) is 6.42. The van der Waals surface area contributed by atoms with Gasteiger partial charge in [0.2, 0.25) is 5.91 Å². The van der Waals surface area contributed by atoms with Crippen LogP contribution in [0.4, 0.5) is 5.13 Å². The Morgan fingerprint density at radius 2 is 2.18 bits per heavy atom. The third-order valence-electron chi connectivity index (χ3n) is 2.75. The van der Waals surface area contributed by atoms with Crippen LogP contribution in [0.1, 0.15) is 6.42 Å². The minimum Gasteiger partial charge on any atom is -0.497 e. The van der Waals surface area contributed by atoms with Crippen molar-refractivity contribution in [3.63, 3.8) is 0 Å². The molecule has 0 aliphatic rings. The monoisotopic (exact) mass is 340 g/mol. The van der Waals surface area contributed by atoms with Gasteiger partial charge >= 0.3 is 5.97 Å². The van der Waals surface area contributed by atoms with E-state index >= 15 is 0 Å². The van der Waals surface area contributed by atoms with Crippen LogP contribution < -0.4 is 10.1 Å². The first-order valence-corrected chi connectivity index (χ1v) is 8.48. The lowest BCUT2D eigenvalue weighted by Crippen LogP contribution is -2.14. The standard InChI is InChI=1S/C14H16N2O4S2/c1-19-9-3-4-10-11(7-9)22-14(15-10)16-12(17)8-21-6-5-13(18)20-2/h3-4,7H,5-6,8H2,1-2H3,(H,15,16,17). The largest absolute Gasteiger partial charge is 0.497 e. The van der Waals surface area contributed by atoms with Gasteiger partial charge in [0, 0.05) is 5.75 Å². The molecule has 1 aromatic heterocycles. The van der Waals surface area contributed by atoms with Gasteiger partial charge in [-0.25, -0.2) is 4.98 Å². The van der Waals surface area contributed by atoms with Gasteiger partial charge in [0.15, 0.2) is 5.13 Å². The molecule has 2 rings (SSSR count). The number of nitrogens with one attached hydrogen (secondary N) is 1. The van der Waals surface area contributed by atoms with Gasteiger partial charge < -0.3 is 14.8 Å². The molecule has 1 aromatic carbocycles. The van der Waals surface area contributed by atoms with E-state index in [9.17, 15) is 9.59 Å². The number of nitrogens with zero attached hydrogens (tertiary/aromatic N) is 1. The third kappa shape index (κ3) is 4.60. The highest BCUT2D eigenvalue weighted by molar-refractivity contribution is 7.99. The molecule has 1 N–H and O–H groups in total. The summed E-state index contributed by atoms with van der Waals surface area (Å²) in [6.45, 7) is 0. The molecule has 0 atom stereocenters. The van der Waals surface area contributed by atoms with Crippen LogP contribution in [-0.4, -0.2) is 42.6 Å². The van der Waals surface area contributed by atoms with E-state index in [4.69, 9.17) is 4.74 Å². The van der Waals surface area contributed by atoms with Crippen LogP contribution in [0.25, 0.3) is 10.2 Å². The zero-order valence-corrected chi connectivity index (χ0v) is 13.9. The average Bonchev–Trinajstić information content (AvgIpc) is 2.92. The molecule has 0 radical (unpaired) electrons. The van der Waals surface area contributed by atoms with Crippen molar-refractivity contribution in [2.75, 3.05) is 31.0 Å². The Kier molecular flexibility index (Phi) is 6.02. The molecule has 1 amide bonds. The van der Waals surface area contributed by atoms with E-state index in [1.165, 1.54) is 30.2 Å². The number of fused-ring (bicyclic) bond motifs is 1. The van der Waals surface area contributed by atoms with Gasteiger partial charge in [-0.15, -0.1) is 0 Å². The summed E-state index contributed by atoms with van der Waals surface area (Å²) in [6.07, 6.45) is 0.301. The van der Waals surface area contributed by atoms with Gasteiger partial charge in [-0.05, 0) is 18.2 Å². The lowest BCUT2D eigenvalue weighted by atomic mass is 10.3. The fourth-order valence-corrected chi connectivity index (χ4v) is 3.29. The van der Waals surface area contributed by atoms with E-state index in [2.05, 4.69) is 15.0 Å². The van der Waals surface area contributed by atoms with E-state index in [0.717, 1.165) is 16.0 Å². The quantitative estimate of drug-likeness (QED) is 0.616. The lowest BCUT2D eigenvalue weighted by molar-refractivity contribution is -0.140. The van der Waals surface area contributed by atoms with Gasteiger partial charge in [-0.3, -0.25) is 9.59 Å². The molecular formula is C14H16N2O4S2. The van der Waals surface area contributed by atoms with Gasteiger partial charge in [-0.1, -0.05) is 11.3 Å². The van der Waals surface area contributed by atoms with Gasteiger partial charge in [-0.2, -0.15) is 11.8 Å². The predicted molar refractivity (Wildman–Crippen MR) is 88.8 cm³/mol. The van der Waals surface area contributed by atoms with E-state index in [1.807, 2.05) is 18.2 Å². The predicted octanol–water partition coefficient (Wildman–Crippen LogP) is 2.54. The molecule has 6 nitrogen and oxygen atoms in total. The fourth-order valence-electron chi connectivity index (χ4n) is 1.66. The van der Waals surface area contributed by atoms with E-state index < -0.39 is 0 Å². The number of thiazole rings is 1. The molecule has 2 aromatic rings. The maximum atomic E-state index is 11.8. The van der Waals surface area contributed by atoms with Crippen LogP contribution in [0.3, 0.4) is 0 Å². The molecule has 0 aliphatic heterocycles. The summed E-state index contributed by atoms with van der Waals surface area (Å²) in [5.41, 5.74) is 0.819. The van der Waals surface area contributed by atoms with Crippen LogP contribution >= 0.6 is 23.1 Å². The molecule has 0 saturated carbocycles. The molecule has 22 heavy (non-hydrogen) atoms. The summed E-state index contributed by atoms with van der Waals surface area (Å²) in [7, 11) is 2.96. The molecule has 118 valence electrons. The van der Waals surface area contributed by atoms with Crippen molar-refractivity contribution in [1.82, 2.24) is 4.98 Å². The smallest absolute Gasteiger partial charge is 0.306 e. The Morgan fingerprint density at radius 3 is 2.91 bits per heavy atom. The van der Waals surface area contributed by atoms with Crippen molar-refractivity contribution in [3.8, 4) is 5.75 Å². The Labute approximate surface area is 136 Å². The summed E-state index contributed by atoms with van der Waals surface area (Å²) < 4.78 is 10.6. The van der Waals surface area contributed by atoms with Crippen LogP contribution in [0.15, 0.2) is 18.2 Å². The second kappa shape index (κ2) is 8.00. The first kappa shape index (κ1) is 16.6. The zero-order chi connectivity index (χ0) is 15.9. The highest BCUT2D eigenvalue weighted by Crippen LogP contribution is 2.29. The summed E-state index contributed by atoms with van der Waals surface area (Å²) >= 11 is 2.78. The number of methoxy groups -OCH3 is 2. The van der Waals surface area contributed by atoms with Crippen LogP contribution in [0, 0.1) is 0 Å². The van der Waals surface area contributed by atoms with Gasteiger partial charge in [0.1, 0.15) is 5.75 Å². The lowest BCUT2D eigenvalue weighted by Gasteiger charge is -2.01. The number of amides is 1. The minimum absolute atomic E-state index is 0.138. The summed E-state index contributed by atoms with van der Waals surface area (Å²) in [5, 5.41) is 3.32. The molecule has 0 unspecified atom stereocenters. The first-order chi connectivity index (χ1) is 10.6. The molecule has 0 fully saturated rings. The number of thioether (sulfide) groups is 1. The first-order valence-electron chi connectivity index (χ1n) is 6.51. The summed E-state index contributed by atoms with van der Waals surface area (Å²) in [4.78, 5) is 27.1. The minimum atomic E-state index is -0.270. The number of esters is 1. The SMILES string of the molecule is COC(=O)CCSCC(=O)Nc1nc2ccc(OC)cc2s1. The van der Waals surface area contributed by atoms with Crippen LogP contribution in [0.2, 0.25) is 0 Å². The van der Waals surface area contributed by atoms with Crippen molar-refractivity contribution in [2.45, 2.75) is 6.42 Å². The number of anilines is 1. The number of aromatic nitrogens is 1. The second-order valence-electron chi connectivity index (χ2n) is 4.28. The Morgan fingerprint density at radius 1 is 1.36 bits per heavy atom. The van der Waals surface area contributed by atoms with Crippen molar-refractivity contribution >= 4 is 50.3 Å². The number of ether oxygens (including phenoxy) is 2. The Balaban J connectivity index is 1.85. The molecule has 1 heterocycles. The van der Waals surface area contributed by atoms with Crippen molar-refractivity contribution in [1.29, 1.82) is 0 Å². The highest BCUT2D eigenvalue weighted by Gasteiger charge is 2.09. The van der Waals surface area contributed by atoms with Crippen molar-refractivity contribution < 1.29 is 19.1 Å². The van der Waals surface area contributed by atoms with E-state index in [1.54, 1.807) is 7.11 Å². The maximum Gasteiger partial charge on any atom is 0.306 e. The summed E-state index contributed by atoms with van der Waals surface area (Å²) in [6, 6.07) is 5.56. The van der Waals surface area contributed by atoms with Crippen LogP contribution in [-0.2, 0) is 14.3 Å². The number of rotatable bonds is 7. The summed E-state index contributed by atoms with van der Waals surface area (Å²) in [5.74, 6) is 1.18.